The van der Waals surface area contributed by atoms with Crippen molar-refractivity contribution in [3.63, 3.8) is 0 Å². The van der Waals surface area contributed by atoms with Gasteiger partial charge in [-0.25, -0.2) is 0 Å². The van der Waals surface area contributed by atoms with E-state index in [9.17, 15) is 9.59 Å². The summed E-state index contributed by atoms with van der Waals surface area (Å²) in [6.07, 6.45) is 1.42. The minimum Gasteiger partial charge on any atom is -0.481 e. The topological polar surface area (TPSA) is 75.6 Å². The van der Waals surface area contributed by atoms with Crippen molar-refractivity contribution >= 4 is 11.9 Å². The molecule has 2 N–H and O–H groups in total. The third-order valence-corrected chi connectivity index (χ3v) is 2.46. The molecule has 1 aliphatic heterocycles. The van der Waals surface area contributed by atoms with Gasteiger partial charge in [0.25, 0.3) is 0 Å². The molecule has 1 atom stereocenters. The van der Waals surface area contributed by atoms with E-state index in [2.05, 4.69) is 5.32 Å². The lowest BCUT2D eigenvalue weighted by Gasteiger charge is -2.22. The van der Waals surface area contributed by atoms with E-state index >= 15 is 0 Å². The smallest absolute Gasteiger partial charge is 0.305 e. The summed E-state index contributed by atoms with van der Waals surface area (Å²) >= 11 is 0. The fourth-order valence-electron chi connectivity index (χ4n) is 1.63. The highest BCUT2D eigenvalue weighted by Gasteiger charge is 2.22. The quantitative estimate of drug-likeness (QED) is 0.711. The minimum absolute atomic E-state index is 0.0185. The van der Waals surface area contributed by atoms with Gasteiger partial charge in [-0.1, -0.05) is 0 Å². The Balaban J connectivity index is 2.30. The molecule has 0 bridgehead atoms. The van der Waals surface area contributed by atoms with Crippen LogP contribution in [-0.4, -0.2) is 36.2 Å². The van der Waals surface area contributed by atoms with Gasteiger partial charge in [0.1, 0.15) is 0 Å². The van der Waals surface area contributed by atoms with Gasteiger partial charge in [0.2, 0.25) is 5.91 Å². The van der Waals surface area contributed by atoms with Crippen molar-refractivity contribution in [3.05, 3.63) is 0 Å². The van der Waals surface area contributed by atoms with Gasteiger partial charge in [-0.3, -0.25) is 9.59 Å². The molecular weight excluding hydrogens is 198 g/mol. The average Bonchev–Trinajstić information content (AvgIpc) is 2.17. The molecule has 1 heterocycles. The lowest BCUT2D eigenvalue weighted by atomic mass is 9.99. The van der Waals surface area contributed by atoms with Crippen LogP contribution < -0.4 is 5.32 Å². The minimum atomic E-state index is -0.894. The second-order valence-corrected chi connectivity index (χ2v) is 3.89. The molecule has 1 unspecified atom stereocenters. The van der Waals surface area contributed by atoms with Crippen molar-refractivity contribution in [1.29, 1.82) is 0 Å². The summed E-state index contributed by atoms with van der Waals surface area (Å²) in [7, 11) is 0. The van der Waals surface area contributed by atoms with Crippen molar-refractivity contribution in [3.8, 4) is 0 Å². The maximum atomic E-state index is 11.6. The highest BCUT2D eigenvalue weighted by molar-refractivity contribution is 5.79. The summed E-state index contributed by atoms with van der Waals surface area (Å²) in [5, 5.41) is 11.2. The third kappa shape index (κ3) is 4.29. The first-order valence-electron chi connectivity index (χ1n) is 5.19. The van der Waals surface area contributed by atoms with Crippen LogP contribution in [0.4, 0.5) is 0 Å². The van der Waals surface area contributed by atoms with Crippen molar-refractivity contribution in [2.45, 2.75) is 32.2 Å². The van der Waals surface area contributed by atoms with E-state index in [4.69, 9.17) is 9.84 Å². The molecule has 0 aromatic rings. The summed E-state index contributed by atoms with van der Waals surface area (Å²) in [4.78, 5) is 22.0. The fourth-order valence-corrected chi connectivity index (χ4v) is 1.63. The fraction of sp³-hybridized carbons (Fsp3) is 0.800. The molecule has 1 amide bonds. The van der Waals surface area contributed by atoms with Crippen molar-refractivity contribution in [2.75, 3.05) is 13.2 Å². The Kier molecular flexibility index (Phi) is 4.55. The largest absolute Gasteiger partial charge is 0.481 e. The Hall–Kier alpha value is -1.10. The van der Waals surface area contributed by atoms with Crippen LogP contribution in [0.5, 0.6) is 0 Å². The van der Waals surface area contributed by atoms with E-state index in [-0.39, 0.29) is 24.3 Å². The van der Waals surface area contributed by atoms with Crippen LogP contribution in [-0.2, 0) is 14.3 Å². The highest BCUT2D eigenvalue weighted by atomic mass is 16.5. The first-order chi connectivity index (χ1) is 7.09. The number of nitrogens with one attached hydrogen (secondary N) is 1. The molecule has 1 aliphatic rings. The molecule has 0 aliphatic carbocycles. The van der Waals surface area contributed by atoms with Gasteiger partial charge in [-0.05, 0) is 19.8 Å². The molecule has 0 spiro atoms. The molecule has 0 radical (unpaired) electrons. The predicted octanol–water partition coefficient (Wildman–Crippen LogP) is 0.392. The zero-order chi connectivity index (χ0) is 11.3. The molecule has 0 aromatic heterocycles. The van der Waals surface area contributed by atoms with Crippen LogP contribution in [0.3, 0.4) is 0 Å². The van der Waals surface area contributed by atoms with Crippen LogP contribution in [0.1, 0.15) is 26.2 Å². The second kappa shape index (κ2) is 5.70. The van der Waals surface area contributed by atoms with Gasteiger partial charge in [0.15, 0.2) is 0 Å². The van der Waals surface area contributed by atoms with Crippen molar-refractivity contribution < 1.29 is 19.4 Å². The van der Waals surface area contributed by atoms with Crippen LogP contribution >= 0.6 is 0 Å². The van der Waals surface area contributed by atoms with Gasteiger partial charge in [-0.2, -0.15) is 0 Å². The average molecular weight is 215 g/mol. The Morgan fingerprint density at radius 3 is 2.60 bits per heavy atom. The Bertz CT molecular complexity index is 236. The maximum Gasteiger partial charge on any atom is 0.305 e. The normalized spacial score (nSPS) is 19.5. The molecule has 1 fully saturated rings. The molecule has 5 heteroatoms. The van der Waals surface area contributed by atoms with E-state index in [1.807, 2.05) is 0 Å². The number of hydrogen-bond acceptors (Lipinski definition) is 3. The van der Waals surface area contributed by atoms with E-state index in [1.54, 1.807) is 6.92 Å². The number of rotatable bonds is 4. The van der Waals surface area contributed by atoms with Crippen LogP contribution in [0, 0.1) is 5.92 Å². The van der Waals surface area contributed by atoms with Gasteiger partial charge in [0.05, 0.1) is 6.42 Å². The van der Waals surface area contributed by atoms with Crippen molar-refractivity contribution in [1.82, 2.24) is 5.32 Å². The first-order valence-corrected chi connectivity index (χ1v) is 5.19. The van der Waals surface area contributed by atoms with Gasteiger partial charge in [0, 0.05) is 25.2 Å². The molecule has 1 saturated heterocycles. The molecule has 15 heavy (non-hydrogen) atoms. The standard InChI is InChI=1S/C10H17NO4/c1-7(6-9(12)13)11-10(14)8-2-4-15-5-3-8/h7-8H,2-6H2,1H3,(H,11,14)(H,12,13). The van der Waals surface area contributed by atoms with Gasteiger partial charge in [-0.15, -0.1) is 0 Å². The first kappa shape index (κ1) is 12.0. The van der Waals surface area contributed by atoms with E-state index in [0.717, 1.165) is 12.8 Å². The molecule has 5 nitrogen and oxygen atoms in total. The summed E-state index contributed by atoms with van der Waals surface area (Å²) in [6.45, 7) is 2.93. The highest BCUT2D eigenvalue weighted by Crippen LogP contribution is 2.14. The number of hydrogen-bond donors (Lipinski definition) is 2. The van der Waals surface area contributed by atoms with Crippen LogP contribution in [0.15, 0.2) is 0 Å². The number of amides is 1. The second-order valence-electron chi connectivity index (χ2n) is 3.89. The Morgan fingerprint density at radius 2 is 2.07 bits per heavy atom. The molecule has 0 saturated carbocycles. The molecule has 0 aromatic carbocycles. The van der Waals surface area contributed by atoms with Crippen molar-refractivity contribution in [2.24, 2.45) is 5.92 Å². The lowest BCUT2D eigenvalue weighted by Crippen LogP contribution is -2.40. The summed E-state index contributed by atoms with van der Waals surface area (Å²) in [5.74, 6) is -0.961. The predicted molar refractivity (Wildman–Crippen MR) is 53.4 cm³/mol. The number of carbonyl (C=O) groups is 2. The Morgan fingerprint density at radius 1 is 1.47 bits per heavy atom. The molecule has 86 valence electrons. The zero-order valence-corrected chi connectivity index (χ0v) is 8.86. The van der Waals surface area contributed by atoms with E-state index in [0.29, 0.717) is 13.2 Å². The van der Waals surface area contributed by atoms with Gasteiger partial charge < -0.3 is 15.2 Å². The monoisotopic (exact) mass is 215 g/mol. The number of carboxylic acid groups (broad SMARTS) is 1. The number of carbonyl (C=O) groups excluding carboxylic acids is 1. The van der Waals surface area contributed by atoms with Gasteiger partial charge >= 0.3 is 5.97 Å². The number of ether oxygens (including phenoxy) is 1. The zero-order valence-electron chi connectivity index (χ0n) is 8.86. The summed E-state index contributed by atoms with van der Waals surface area (Å²) < 4.78 is 5.15. The Labute approximate surface area is 88.8 Å². The summed E-state index contributed by atoms with van der Waals surface area (Å²) in [6, 6.07) is -0.308. The SMILES string of the molecule is CC(CC(=O)O)NC(=O)C1CCOCC1. The summed E-state index contributed by atoms with van der Waals surface area (Å²) in [5.41, 5.74) is 0. The molecular formula is C10H17NO4. The number of carboxylic acids is 1. The molecule has 1 rings (SSSR count). The third-order valence-electron chi connectivity index (χ3n) is 2.46. The van der Waals surface area contributed by atoms with Crippen LogP contribution in [0.25, 0.3) is 0 Å². The lowest BCUT2D eigenvalue weighted by molar-refractivity contribution is -0.137. The van der Waals surface area contributed by atoms with E-state index < -0.39 is 5.97 Å². The van der Waals surface area contributed by atoms with E-state index in [1.165, 1.54) is 0 Å². The maximum absolute atomic E-state index is 11.6. The number of aliphatic carboxylic acids is 1. The van der Waals surface area contributed by atoms with Crippen LogP contribution in [0.2, 0.25) is 0 Å².